The molecular formula is C14H22FN3O. The van der Waals surface area contributed by atoms with E-state index in [9.17, 15) is 4.39 Å². The zero-order valence-corrected chi connectivity index (χ0v) is 11.4. The van der Waals surface area contributed by atoms with E-state index in [1.54, 1.807) is 12.1 Å². The standard InChI is InChI=1S/C14H22FN3O/c1-2-19-11-3-9-17-14(16)18-10-8-12-4-6-13(15)7-5-12/h4-7H,2-3,8-11H2,1H3,(H3,16,17,18). The van der Waals surface area contributed by atoms with Crippen molar-refractivity contribution in [2.75, 3.05) is 26.3 Å². The number of nitrogens with one attached hydrogen (secondary N) is 1. The quantitative estimate of drug-likeness (QED) is 0.428. The lowest BCUT2D eigenvalue weighted by molar-refractivity contribution is 0.146. The van der Waals surface area contributed by atoms with Gasteiger partial charge in [0.1, 0.15) is 5.82 Å². The Morgan fingerprint density at radius 1 is 1.37 bits per heavy atom. The molecule has 0 amide bonds. The molecule has 0 unspecified atom stereocenters. The molecule has 1 rings (SSSR count). The molecule has 0 saturated carbocycles. The second-order valence-electron chi connectivity index (χ2n) is 4.12. The smallest absolute Gasteiger partial charge is 0.188 e. The Kier molecular flexibility index (Phi) is 7.58. The van der Waals surface area contributed by atoms with Gasteiger partial charge in [0.25, 0.3) is 0 Å². The first-order chi connectivity index (χ1) is 9.22. The zero-order valence-electron chi connectivity index (χ0n) is 11.4. The predicted molar refractivity (Wildman–Crippen MR) is 75.7 cm³/mol. The molecule has 0 heterocycles. The van der Waals surface area contributed by atoms with Crippen LogP contribution in [0.4, 0.5) is 4.39 Å². The van der Waals surface area contributed by atoms with Crippen LogP contribution in [0.5, 0.6) is 0 Å². The number of nitrogens with two attached hydrogens (primary N) is 1. The molecule has 19 heavy (non-hydrogen) atoms. The van der Waals surface area contributed by atoms with E-state index in [2.05, 4.69) is 10.3 Å². The summed E-state index contributed by atoms with van der Waals surface area (Å²) in [7, 11) is 0. The number of benzene rings is 1. The third-order valence-electron chi connectivity index (χ3n) is 2.57. The molecule has 5 heteroatoms. The Bertz CT molecular complexity index is 379. The summed E-state index contributed by atoms with van der Waals surface area (Å²) in [5.74, 6) is 0.227. The van der Waals surface area contributed by atoms with Gasteiger partial charge in [-0.3, -0.25) is 4.99 Å². The van der Waals surface area contributed by atoms with E-state index in [0.29, 0.717) is 25.7 Å². The van der Waals surface area contributed by atoms with Crippen molar-refractivity contribution in [1.82, 2.24) is 5.32 Å². The molecule has 0 aliphatic heterocycles. The lowest BCUT2D eigenvalue weighted by Crippen LogP contribution is -2.33. The molecule has 1 aromatic rings. The molecule has 106 valence electrons. The summed E-state index contributed by atoms with van der Waals surface area (Å²) >= 11 is 0. The highest BCUT2D eigenvalue weighted by Crippen LogP contribution is 2.02. The van der Waals surface area contributed by atoms with E-state index in [-0.39, 0.29) is 5.82 Å². The first kappa shape index (κ1) is 15.4. The largest absolute Gasteiger partial charge is 0.382 e. The maximum absolute atomic E-state index is 12.7. The topological polar surface area (TPSA) is 59.6 Å². The van der Waals surface area contributed by atoms with Crippen LogP contribution in [0, 0.1) is 5.82 Å². The van der Waals surface area contributed by atoms with Crippen LogP contribution in [0.3, 0.4) is 0 Å². The molecule has 3 N–H and O–H groups in total. The molecular weight excluding hydrogens is 245 g/mol. The van der Waals surface area contributed by atoms with Crippen molar-refractivity contribution in [3.63, 3.8) is 0 Å². The summed E-state index contributed by atoms with van der Waals surface area (Å²) in [4.78, 5) is 4.18. The van der Waals surface area contributed by atoms with Crippen molar-refractivity contribution in [3.8, 4) is 0 Å². The number of nitrogens with zero attached hydrogens (tertiary/aromatic N) is 1. The molecule has 0 radical (unpaired) electrons. The van der Waals surface area contributed by atoms with Crippen LogP contribution >= 0.6 is 0 Å². The summed E-state index contributed by atoms with van der Waals surface area (Å²) in [5, 5.41) is 3.03. The first-order valence-corrected chi connectivity index (χ1v) is 6.58. The Morgan fingerprint density at radius 3 is 2.79 bits per heavy atom. The molecule has 4 nitrogen and oxygen atoms in total. The lowest BCUT2D eigenvalue weighted by atomic mass is 10.1. The van der Waals surface area contributed by atoms with Gasteiger partial charge in [0, 0.05) is 26.3 Å². The summed E-state index contributed by atoms with van der Waals surface area (Å²) in [5.41, 5.74) is 6.78. The van der Waals surface area contributed by atoms with Crippen molar-refractivity contribution in [2.45, 2.75) is 19.8 Å². The first-order valence-electron chi connectivity index (χ1n) is 6.58. The fraction of sp³-hybridized carbons (Fsp3) is 0.500. The highest BCUT2D eigenvalue weighted by atomic mass is 19.1. The minimum Gasteiger partial charge on any atom is -0.382 e. The molecule has 0 aliphatic carbocycles. The van der Waals surface area contributed by atoms with Gasteiger partial charge < -0.3 is 15.8 Å². The summed E-state index contributed by atoms with van der Waals surface area (Å²) in [6.45, 7) is 4.76. The van der Waals surface area contributed by atoms with Crippen molar-refractivity contribution >= 4 is 5.96 Å². The van der Waals surface area contributed by atoms with E-state index in [4.69, 9.17) is 10.5 Å². The molecule has 0 spiro atoms. The second kappa shape index (κ2) is 9.33. The van der Waals surface area contributed by atoms with E-state index >= 15 is 0 Å². The van der Waals surface area contributed by atoms with Crippen LogP contribution in [-0.4, -0.2) is 32.3 Å². The molecule has 1 aromatic carbocycles. The van der Waals surface area contributed by atoms with E-state index in [1.165, 1.54) is 12.1 Å². The SMILES string of the molecule is CCOCCCN=C(N)NCCc1ccc(F)cc1. The van der Waals surface area contributed by atoms with Crippen molar-refractivity contribution in [1.29, 1.82) is 0 Å². The molecule has 0 fully saturated rings. The maximum atomic E-state index is 12.7. The predicted octanol–water partition coefficient (Wildman–Crippen LogP) is 1.70. The van der Waals surface area contributed by atoms with Gasteiger partial charge in [-0.1, -0.05) is 12.1 Å². The average molecular weight is 267 g/mol. The summed E-state index contributed by atoms with van der Waals surface area (Å²) < 4.78 is 17.9. The third kappa shape index (κ3) is 7.41. The minimum atomic E-state index is -0.216. The number of ether oxygens (including phenoxy) is 1. The number of halogens is 1. The number of guanidine groups is 1. The summed E-state index contributed by atoms with van der Waals surface area (Å²) in [6.07, 6.45) is 1.66. The fourth-order valence-electron chi connectivity index (χ4n) is 1.55. The molecule has 0 bridgehead atoms. The highest BCUT2D eigenvalue weighted by Gasteiger charge is 1.95. The Hall–Kier alpha value is -1.62. The third-order valence-corrected chi connectivity index (χ3v) is 2.57. The van der Waals surface area contributed by atoms with Crippen LogP contribution in [0.15, 0.2) is 29.3 Å². The Balaban J connectivity index is 2.14. The zero-order chi connectivity index (χ0) is 13.9. The fourth-order valence-corrected chi connectivity index (χ4v) is 1.55. The normalized spacial score (nSPS) is 11.6. The number of hydrogen-bond donors (Lipinski definition) is 2. The monoisotopic (exact) mass is 267 g/mol. The van der Waals surface area contributed by atoms with Crippen LogP contribution in [-0.2, 0) is 11.2 Å². The molecule has 0 atom stereocenters. The van der Waals surface area contributed by atoms with E-state index < -0.39 is 0 Å². The Labute approximate surface area is 113 Å². The Morgan fingerprint density at radius 2 is 2.11 bits per heavy atom. The van der Waals surface area contributed by atoms with Gasteiger partial charge in [0.2, 0.25) is 0 Å². The van der Waals surface area contributed by atoms with Crippen molar-refractivity contribution < 1.29 is 9.13 Å². The van der Waals surface area contributed by atoms with Gasteiger partial charge in [0.15, 0.2) is 5.96 Å². The number of rotatable bonds is 8. The van der Waals surface area contributed by atoms with Gasteiger partial charge in [-0.15, -0.1) is 0 Å². The van der Waals surface area contributed by atoms with Crippen LogP contribution in [0.2, 0.25) is 0 Å². The van der Waals surface area contributed by atoms with Crippen molar-refractivity contribution in [3.05, 3.63) is 35.6 Å². The van der Waals surface area contributed by atoms with Gasteiger partial charge >= 0.3 is 0 Å². The molecule has 0 saturated heterocycles. The van der Waals surface area contributed by atoms with Gasteiger partial charge in [-0.05, 0) is 37.5 Å². The van der Waals surface area contributed by atoms with Crippen LogP contribution < -0.4 is 11.1 Å². The lowest BCUT2D eigenvalue weighted by Gasteiger charge is -2.06. The molecule has 0 aromatic heterocycles. The molecule has 0 aliphatic rings. The van der Waals surface area contributed by atoms with Gasteiger partial charge in [-0.25, -0.2) is 4.39 Å². The number of hydrogen-bond acceptors (Lipinski definition) is 2. The minimum absolute atomic E-state index is 0.216. The number of aliphatic imine (C=N–C) groups is 1. The van der Waals surface area contributed by atoms with E-state index in [1.807, 2.05) is 6.92 Å². The second-order valence-corrected chi connectivity index (χ2v) is 4.12. The maximum Gasteiger partial charge on any atom is 0.188 e. The van der Waals surface area contributed by atoms with E-state index in [0.717, 1.165) is 25.0 Å². The van der Waals surface area contributed by atoms with Crippen LogP contribution in [0.25, 0.3) is 0 Å². The summed E-state index contributed by atoms with van der Waals surface area (Å²) in [6, 6.07) is 6.46. The van der Waals surface area contributed by atoms with Gasteiger partial charge in [-0.2, -0.15) is 0 Å². The van der Waals surface area contributed by atoms with Gasteiger partial charge in [0.05, 0.1) is 0 Å². The van der Waals surface area contributed by atoms with Crippen molar-refractivity contribution in [2.24, 2.45) is 10.7 Å². The van der Waals surface area contributed by atoms with Crippen LogP contribution in [0.1, 0.15) is 18.9 Å². The average Bonchev–Trinajstić information content (AvgIpc) is 2.41. The highest BCUT2D eigenvalue weighted by molar-refractivity contribution is 5.77.